The van der Waals surface area contributed by atoms with Gasteiger partial charge in [-0.25, -0.2) is 4.79 Å². The van der Waals surface area contributed by atoms with Crippen LogP contribution in [0.1, 0.15) is 29.2 Å². The van der Waals surface area contributed by atoms with Crippen LogP contribution in [0.15, 0.2) is 54.2 Å². The average molecular weight is 450 g/mol. The number of fused-ring (bicyclic) bond motifs is 2. The Morgan fingerprint density at radius 1 is 1.27 bits per heavy atom. The van der Waals surface area contributed by atoms with Crippen molar-refractivity contribution in [3.05, 3.63) is 81.4 Å². The molecule has 1 N–H and O–H groups in total. The molecule has 1 amide bonds. The molecule has 0 radical (unpaired) electrons. The van der Waals surface area contributed by atoms with Crippen LogP contribution in [0.5, 0.6) is 11.5 Å². The highest BCUT2D eigenvalue weighted by molar-refractivity contribution is 6.14. The third-order valence-electron chi connectivity index (χ3n) is 5.23. The van der Waals surface area contributed by atoms with Crippen LogP contribution in [-0.4, -0.2) is 44.7 Å². The second-order valence-electron chi connectivity index (χ2n) is 7.46. The summed E-state index contributed by atoms with van der Waals surface area (Å²) in [5, 5.41) is 26.1. The standard InChI is InChI=1S/C19H17N3O6.C3H3N2/c1-10-5-12(3-4-15(10)22(25)26)18-14-8-17-16(27-9-28-17)7-13(14)6-11(2)21(20-18)19(23)24;1-2-5-3-4-1/h3-5,7-8,11H,6,9H2,1-2H3,(H,23,24);1-3H/q;-1. The van der Waals surface area contributed by atoms with Gasteiger partial charge in [0.05, 0.1) is 16.7 Å². The van der Waals surface area contributed by atoms with E-state index in [0.29, 0.717) is 40.3 Å². The van der Waals surface area contributed by atoms with Gasteiger partial charge in [0.25, 0.3) is 5.69 Å². The summed E-state index contributed by atoms with van der Waals surface area (Å²) in [6, 6.07) is 7.85. The molecule has 2 aromatic carbocycles. The minimum absolute atomic E-state index is 0.00709. The van der Waals surface area contributed by atoms with Crippen LogP contribution in [0.2, 0.25) is 0 Å². The van der Waals surface area contributed by atoms with Crippen LogP contribution in [0.3, 0.4) is 0 Å². The van der Waals surface area contributed by atoms with E-state index >= 15 is 0 Å². The molecule has 0 spiro atoms. The number of carboxylic acid groups (broad SMARTS) is 1. The van der Waals surface area contributed by atoms with Crippen molar-refractivity contribution in [2.24, 2.45) is 5.10 Å². The fraction of sp³-hybridized carbons (Fsp3) is 0.227. The molecule has 0 saturated carbocycles. The lowest BCUT2D eigenvalue weighted by Gasteiger charge is -2.19. The third kappa shape index (κ3) is 4.47. The van der Waals surface area contributed by atoms with Crippen LogP contribution in [0.4, 0.5) is 10.5 Å². The molecule has 1 unspecified atom stereocenters. The largest absolute Gasteiger partial charge is 0.464 e. The Labute approximate surface area is 188 Å². The van der Waals surface area contributed by atoms with E-state index < -0.39 is 17.1 Å². The van der Waals surface area contributed by atoms with E-state index in [1.807, 2.05) is 6.07 Å². The monoisotopic (exact) mass is 450 g/mol. The quantitative estimate of drug-likeness (QED) is 0.463. The summed E-state index contributed by atoms with van der Waals surface area (Å²) in [7, 11) is 0. The van der Waals surface area contributed by atoms with E-state index in [2.05, 4.69) is 15.1 Å². The molecule has 2 aliphatic rings. The molecule has 5 rings (SSSR count). The number of nitro benzene ring substituents is 1. The fourth-order valence-corrected chi connectivity index (χ4v) is 3.68. The molecule has 0 saturated heterocycles. The summed E-state index contributed by atoms with van der Waals surface area (Å²) in [4.78, 5) is 29.6. The summed E-state index contributed by atoms with van der Waals surface area (Å²) in [5.41, 5.74) is 3.05. The van der Waals surface area contributed by atoms with Gasteiger partial charge in [0.2, 0.25) is 6.79 Å². The minimum atomic E-state index is -1.17. The Hall–Kier alpha value is -4.41. The zero-order valence-electron chi connectivity index (χ0n) is 17.8. The number of imidazole rings is 1. The first-order valence-corrected chi connectivity index (χ1v) is 10.0. The molecule has 2 aliphatic heterocycles. The van der Waals surface area contributed by atoms with E-state index in [1.165, 1.54) is 12.4 Å². The Morgan fingerprint density at radius 2 is 2.03 bits per heavy atom. The average Bonchev–Trinajstić information content (AvgIpc) is 3.46. The van der Waals surface area contributed by atoms with Crippen LogP contribution >= 0.6 is 0 Å². The Balaban J connectivity index is 0.000000459. The maximum Gasteiger partial charge on any atom is 0.428 e. The summed E-state index contributed by atoms with van der Waals surface area (Å²) >= 11 is 0. The van der Waals surface area contributed by atoms with Gasteiger partial charge < -0.3 is 24.5 Å². The second-order valence-corrected chi connectivity index (χ2v) is 7.46. The first kappa shape index (κ1) is 21.8. The number of nitro groups is 1. The number of aryl methyl sites for hydroxylation is 1. The number of benzene rings is 2. The van der Waals surface area contributed by atoms with Crippen molar-refractivity contribution in [1.29, 1.82) is 0 Å². The van der Waals surface area contributed by atoms with Gasteiger partial charge in [-0.05, 0) is 50.1 Å². The molecular weight excluding hydrogens is 430 g/mol. The first-order chi connectivity index (χ1) is 15.8. The number of rotatable bonds is 2. The topological polar surface area (TPSA) is 141 Å². The Bertz CT molecular complexity index is 1210. The van der Waals surface area contributed by atoms with E-state index in [9.17, 15) is 20.0 Å². The van der Waals surface area contributed by atoms with Gasteiger partial charge in [-0.3, -0.25) is 10.1 Å². The van der Waals surface area contributed by atoms with Crippen LogP contribution in [-0.2, 0) is 6.42 Å². The van der Waals surface area contributed by atoms with Crippen molar-refractivity contribution in [2.75, 3.05) is 6.79 Å². The molecular formula is C22H20N5O6-. The number of hydrazone groups is 1. The van der Waals surface area contributed by atoms with Gasteiger partial charge >= 0.3 is 6.09 Å². The number of hydrogen-bond donors (Lipinski definition) is 1. The summed E-state index contributed by atoms with van der Waals surface area (Å²) in [6.07, 6.45) is 4.05. The van der Waals surface area contributed by atoms with Gasteiger partial charge in [0.15, 0.2) is 11.5 Å². The molecule has 0 bridgehead atoms. The molecule has 1 aromatic heterocycles. The Morgan fingerprint density at radius 3 is 2.61 bits per heavy atom. The first-order valence-electron chi connectivity index (χ1n) is 10.0. The summed E-state index contributed by atoms with van der Waals surface area (Å²) < 4.78 is 10.9. The lowest BCUT2D eigenvalue weighted by atomic mass is 9.93. The molecule has 0 aliphatic carbocycles. The fourth-order valence-electron chi connectivity index (χ4n) is 3.68. The van der Waals surface area contributed by atoms with E-state index in [4.69, 9.17) is 9.47 Å². The molecule has 33 heavy (non-hydrogen) atoms. The van der Waals surface area contributed by atoms with Crippen LogP contribution in [0.25, 0.3) is 0 Å². The van der Waals surface area contributed by atoms with Gasteiger partial charge in [-0.15, -0.1) is 0 Å². The lowest BCUT2D eigenvalue weighted by molar-refractivity contribution is -0.385. The van der Waals surface area contributed by atoms with Crippen molar-refractivity contribution in [2.45, 2.75) is 26.3 Å². The van der Waals surface area contributed by atoms with Crippen molar-refractivity contribution in [1.82, 2.24) is 15.0 Å². The maximum absolute atomic E-state index is 11.7. The van der Waals surface area contributed by atoms with Crippen molar-refractivity contribution in [3.8, 4) is 11.5 Å². The number of carbonyl (C=O) groups is 1. The van der Waals surface area contributed by atoms with Crippen molar-refractivity contribution < 1.29 is 24.3 Å². The number of hydrogen-bond acceptors (Lipinski definition) is 7. The predicted molar refractivity (Wildman–Crippen MR) is 117 cm³/mol. The molecule has 3 heterocycles. The van der Waals surface area contributed by atoms with E-state index in [-0.39, 0.29) is 12.5 Å². The third-order valence-corrected chi connectivity index (χ3v) is 5.23. The SMILES string of the molecule is Cc1cc(C2=NN(C(=O)O)C(C)Cc3cc4c(cc32)OCO4)ccc1[N+](=O)[O-].c1c[n-]cn1. The second kappa shape index (κ2) is 8.99. The van der Waals surface area contributed by atoms with Gasteiger partial charge in [0, 0.05) is 22.8 Å². The van der Waals surface area contributed by atoms with Crippen molar-refractivity contribution >= 4 is 17.5 Å². The Kier molecular flexibility index (Phi) is 5.94. The zero-order chi connectivity index (χ0) is 23.5. The lowest BCUT2D eigenvalue weighted by Crippen LogP contribution is -2.34. The smallest absolute Gasteiger partial charge is 0.428 e. The molecule has 3 aromatic rings. The maximum atomic E-state index is 11.7. The normalized spacial score (nSPS) is 16.1. The minimum Gasteiger partial charge on any atom is -0.464 e. The molecule has 170 valence electrons. The molecule has 11 heteroatoms. The number of ether oxygens (including phenoxy) is 2. The number of nitrogens with zero attached hydrogens (tertiary/aromatic N) is 5. The highest BCUT2D eigenvalue weighted by atomic mass is 16.7. The summed E-state index contributed by atoms with van der Waals surface area (Å²) in [5.74, 6) is 1.16. The molecule has 1 atom stereocenters. The molecule has 11 nitrogen and oxygen atoms in total. The van der Waals surface area contributed by atoms with Crippen LogP contribution < -0.4 is 14.5 Å². The number of amides is 1. The van der Waals surface area contributed by atoms with Crippen LogP contribution in [0, 0.1) is 17.0 Å². The number of aromatic nitrogens is 2. The van der Waals surface area contributed by atoms with Gasteiger partial charge in [-0.2, -0.15) is 10.1 Å². The van der Waals surface area contributed by atoms with Gasteiger partial charge in [0.1, 0.15) is 0 Å². The predicted octanol–water partition coefficient (Wildman–Crippen LogP) is 3.35. The molecule has 0 fully saturated rings. The van der Waals surface area contributed by atoms with E-state index in [1.54, 1.807) is 44.4 Å². The van der Waals surface area contributed by atoms with E-state index in [0.717, 1.165) is 10.6 Å². The van der Waals surface area contributed by atoms with Gasteiger partial charge in [-0.1, -0.05) is 18.7 Å². The highest BCUT2D eigenvalue weighted by Crippen LogP contribution is 2.38. The zero-order valence-corrected chi connectivity index (χ0v) is 17.8. The highest BCUT2D eigenvalue weighted by Gasteiger charge is 2.30. The summed E-state index contributed by atoms with van der Waals surface area (Å²) in [6.45, 7) is 3.53. The van der Waals surface area contributed by atoms with Crippen molar-refractivity contribution in [3.63, 3.8) is 0 Å².